The first-order valence-corrected chi connectivity index (χ1v) is 3.34. The van der Waals surface area contributed by atoms with Crippen molar-refractivity contribution in [1.29, 1.82) is 0 Å². The van der Waals surface area contributed by atoms with E-state index < -0.39 is 0 Å². The fourth-order valence-electron chi connectivity index (χ4n) is 1.27. The Morgan fingerprint density at radius 1 is 1.78 bits per heavy atom. The van der Waals surface area contributed by atoms with Crippen molar-refractivity contribution in [2.24, 2.45) is 5.41 Å². The molecule has 0 radical (unpaired) electrons. The van der Waals surface area contributed by atoms with Gasteiger partial charge in [0.25, 0.3) is 0 Å². The molecule has 1 unspecified atom stereocenters. The van der Waals surface area contributed by atoms with Crippen LogP contribution in [-0.4, -0.2) is 6.29 Å². The zero-order valence-corrected chi connectivity index (χ0v) is 5.81. The van der Waals surface area contributed by atoms with Gasteiger partial charge in [-0.2, -0.15) is 0 Å². The van der Waals surface area contributed by atoms with Crippen LogP contribution >= 0.6 is 0 Å². The fourth-order valence-corrected chi connectivity index (χ4v) is 1.27. The van der Waals surface area contributed by atoms with E-state index in [4.69, 9.17) is 0 Å². The predicted octanol–water partition coefficient (Wildman–Crippen LogP) is 1.93. The van der Waals surface area contributed by atoms with Gasteiger partial charge in [-0.1, -0.05) is 12.2 Å². The second kappa shape index (κ2) is 1.98. The van der Waals surface area contributed by atoms with Crippen molar-refractivity contribution in [3.63, 3.8) is 0 Å². The smallest absolute Gasteiger partial charge is 0.129 e. The minimum Gasteiger partial charge on any atom is -0.302 e. The highest BCUT2D eigenvalue weighted by atomic mass is 16.1. The predicted molar refractivity (Wildman–Crippen MR) is 37.2 cm³/mol. The van der Waals surface area contributed by atoms with Gasteiger partial charge in [0.15, 0.2) is 0 Å². The quantitative estimate of drug-likeness (QED) is 0.385. The van der Waals surface area contributed by atoms with Crippen LogP contribution in [0.4, 0.5) is 0 Å². The molecule has 0 saturated heterocycles. The molecular formula is C8H12O. The monoisotopic (exact) mass is 124 g/mol. The molecule has 1 fully saturated rings. The zero-order valence-electron chi connectivity index (χ0n) is 5.81. The lowest BCUT2D eigenvalue weighted by Gasteiger charge is -2.15. The van der Waals surface area contributed by atoms with Crippen molar-refractivity contribution >= 4 is 6.29 Å². The molecule has 0 spiro atoms. The Balaban J connectivity index is 2.78. The summed E-state index contributed by atoms with van der Waals surface area (Å²) in [5.74, 6) is 0. The first-order chi connectivity index (χ1) is 4.19. The van der Waals surface area contributed by atoms with Crippen molar-refractivity contribution < 1.29 is 4.79 Å². The summed E-state index contributed by atoms with van der Waals surface area (Å²) in [6.45, 7) is 5.81. The Morgan fingerprint density at radius 3 is 2.67 bits per heavy atom. The first kappa shape index (κ1) is 6.53. The fraction of sp³-hybridized carbons (Fsp3) is 0.625. The van der Waals surface area contributed by atoms with Crippen LogP contribution in [0.2, 0.25) is 0 Å². The van der Waals surface area contributed by atoms with E-state index in [2.05, 4.69) is 6.58 Å². The second-order valence-corrected chi connectivity index (χ2v) is 2.99. The van der Waals surface area contributed by atoms with Crippen LogP contribution in [0.25, 0.3) is 0 Å². The van der Waals surface area contributed by atoms with Crippen molar-refractivity contribution in [2.45, 2.75) is 26.2 Å². The molecule has 1 aliphatic rings. The minimum absolute atomic E-state index is 0.181. The Hall–Kier alpha value is -0.590. The Bertz CT molecular complexity index is 149. The summed E-state index contributed by atoms with van der Waals surface area (Å²) in [6.07, 6.45) is 4.20. The van der Waals surface area contributed by atoms with Gasteiger partial charge in [-0.05, 0) is 26.2 Å². The van der Waals surface area contributed by atoms with Crippen LogP contribution in [0.5, 0.6) is 0 Å². The summed E-state index contributed by atoms with van der Waals surface area (Å²) in [6, 6.07) is 0. The number of aldehydes is 1. The number of allylic oxidation sites excluding steroid dienone is 1. The van der Waals surface area contributed by atoms with Crippen LogP contribution in [0.1, 0.15) is 26.2 Å². The third-order valence-electron chi connectivity index (χ3n) is 2.24. The van der Waals surface area contributed by atoms with Crippen LogP contribution in [0, 0.1) is 5.41 Å². The zero-order chi connectivity index (χ0) is 6.91. The Kier molecular flexibility index (Phi) is 1.43. The SMILES string of the molecule is C=C1CCCC1(C)C=O. The van der Waals surface area contributed by atoms with Crippen molar-refractivity contribution in [2.75, 3.05) is 0 Å². The summed E-state index contributed by atoms with van der Waals surface area (Å²) in [7, 11) is 0. The molecule has 1 rings (SSSR count). The van der Waals surface area contributed by atoms with Gasteiger partial charge < -0.3 is 4.79 Å². The van der Waals surface area contributed by atoms with Crippen LogP contribution in [-0.2, 0) is 4.79 Å². The molecule has 0 heterocycles. The third kappa shape index (κ3) is 0.913. The molecule has 0 amide bonds. The number of hydrogen-bond donors (Lipinski definition) is 0. The summed E-state index contributed by atoms with van der Waals surface area (Å²) in [5.41, 5.74) is 0.928. The lowest BCUT2D eigenvalue weighted by atomic mass is 9.87. The van der Waals surface area contributed by atoms with Gasteiger partial charge in [0.05, 0.1) is 0 Å². The van der Waals surface area contributed by atoms with Gasteiger partial charge in [0.1, 0.15) is 6.29 Å². The average molecular weight is 124 g/mol. The molecule has 50 valence electrons. The number of hydrogen-bond acceptors (Lipinski definition) is 1. The van der Waals surface area contributed by atoms with Crippen LogP contribution < -0.4 is 0 Å². The van der Waals surface area contributed by atoms with Crippen molar-refractivity contribution in [3.05, 3.63) is 12.2 Å². The van der Waals surface area contributed by atoms with Gasteiger partial charge in [0, 0.05) is 5.41 Å². The van der Waals surface area contributed by atoms with E-state index in [0.717, 1.165) is 31.1 Å². The highest BCUT2D eigenvalue weighted by molar-refractivity contribution is 5.65. The maximum absolute atomic E-state index is 10.5. The largest absolute Gasteiger partial charge is 0.302 e. The molecular weight excluding hydrogens is 112 g/mol. The van der Waals surface area contributed by atoms with Crippen LogP contribution in [0.15, 0.2) is 12.2 Å². The molecule has 1 atom stereocenters. The molecule has 0 aromatic rings. The topological polar surface area (TPSA) is 17.1 Å². The van der Waals surface area contributed by atoms with E-state index in [0.29, 0.717) is 0 Å². The molecule has 1 heteroatoms. The van der Waals surface area contributed by atoms with Gasteiger partial charge in [-0.25, -0.2) is 0 Å². The lowest BCUT2D eigenvalue weighted by molar-refractivity contribution is -0.113. The molecule has 1 nitrogen and oxygen atoms in total. The maximum atomic E-state index is 10.5. The molecule has 1 aliphatic carbocycles. The minimum atomic E-state index is -0.181. The molecule has 0 aromatic carbocycles. The summed E-state index contributed by atoms with van der Waals surface area (Å²) in [4.78, 5) is 10.5. The normalized spacial score (nSPS) is 35.0. The van der Waals surface area contributed by atoms with Gasteiger partial charge >= 0.3 is 0 Å². The van der Waals surface area contributed by atoms with E-state index in [-0.39, 0.29) is 5.41 Å². The number of rotatable bonds is 1. The average Bonchev–Trinajstić information content (AvgIpc) is 2.15. The van der Waals surface area contributed by atoms with E-state index in [1.54, 1.807) is 0 Å². The van der Waals surface area contributed by atoms with E-state index in [1.807, 2.05) is 6.92 Å². The van der Waals surface area contributed by atoms with Gasteiger partial charge in [0.2, 0.25) is 0 Å². The van der Waals surface area contributed by atoms with E-state index in [1.165, 1.54) is 0 Å². The highest BCUT2D eigenvalue weighted by Crippen LogP contribution is 2.39. The highest BCUT2D eigenvalue weighted by Gasteiger charge is 2.31. The van der Waals surface area contributed by atoms with Gasteiger partial charge in [-0.3, -0.25) is 0 Å². The summed E-state index contributed by atoms with van der Waals surface area (Å²) < 4.78 is 0. The molecule has 1 saturated carbocycles. The summed E-state index contributed by atoms with van der Waals surface area (Å²) >= 11 is 0. The number of carbonyl (C=O) groups is 1. The van der Waals surface area contributed by atoms with Crippen LogP contribution in [0.3, 0.4) is 0 Å². The Morgan fingerprint density at radius 2 is 2.44 bits per heavy atom. The molecule has 0 aromatic heterocycles. The maximum Gasteiger partial charge on any atom is 0.129 e. The second-order valence-electron chi connectivity index (χ2n) is 2.99. The molecule has 0 N–H and O–H groups in total. The third-order valence-corrected chi connectivity index (χ3v) is 2.24. The Labute approximate surface area is 55.8 Å². The molecule has 0 aliphatic heterocycles. The van der Waals surface area contributed by atoms with E-state index >= 15 is 0 Å². The van der Waals surface area contributed by atoms with Crippen molar-refractivity contribution in [3.8, 4) is 0 Å². The number of carbonyl (C=O) groups excluding carboxylic acids is 1. The first-order valence-electron chi connectivity index (χ1n) is 3.34. The van der Waals surface area contributed by atoms with Gasteiger partial charge in [-0.15, -0.1) is 0 Å². The molecule has 0 bridgehead atoms. The van der Waals surface area contributed by atoms with Crippen molar-refractivity contribution in [1.82, 2.24) is 0 Å². The van der Waals surface area contributed by atoms with E-state index in [9.17, 15) is 4.79 Å². The standard InChI is InChI=1S/C8H12O/c1-7-4-3-5-8(7,2)6-9/h6H,1,3-5H2,2H3. The molecule has 9 heavy (non-hydrogen) atoms. The summed E-state index contributed by atoms with van der Waals surface area (Å²) in [5, 5.41) is 0. The lowest BCUT2D eigenvalue weighted by Crippen LogP contribution is -2.13.